The van der Waals surface area contributed by atoms with Crippen LogP contribution in [0.3, 0.4) is 0 Å². The summed E-state index contributed by atoms with van der Waals surface area (Å²) >= 11 is 0. The molecule has 0 N–H and O–H groups in total. The van der Waals surface area contributed by atoms with Crippen LogP contribution in [-0.2, 0) is 13.5 Å². The SMILES string of the molecule is Cn1c(Cc2ccc([N+](=O)[O-])cc2[N+](=O)[O-])nc2cc([N+](=O)[O-])ccc21. The number of hydrogen-bond donors (Lipinski definition) is 0. The zero-order valence-electron chi connectivity index (χ0n) is 13.4. The average molecular weight is 357 g/mol. The fraction of sp³-hybridized carbons (Fsp3) is 0.133. The van der Waals surface area contributed by atoms with Gasteiger partial charge in [-0.15, -0.1) is 0 Å². The number of rotatable bonds is 5. The van der Waals surface area contributed by atoms with Crippen LogP contribution in [0.15, 0.2) is 36.4 Å². The fourth-order valence-corrected chi connectivity index (χ4v) is 2.67. The van der Waals surface area contributed by atoms with Crippen LogP contribution < -0.4 is 0 Å². The minimum absolute atomic E-state index is 0.0489. The number of fused-ring (bicyclic) bond motifs is 1. The predicted molar refractivity (Wildman–Crippen MR) is 89.9 cm³/mol. The summed E-state index contributed by atoms with van der Waals surface area (Å²) in [6.45, 7) is 0. The Balaban J connectivity index is 2.06. The van der Waals surface area contributed by atoms with Crippen molar-refractivity contribution in [3.05, 3.63) is 78.1 Å². The summed E-state index contributed by atoms with van der Waals surface area (Å²) in [6, 6.07) is 7.64. The van der Waals surface area contributed by atoms with E-state index in [9.17, 15) is 30.3 Å². The summed E-state index contributed by atoms with van der Waals surface area (Å²) in [6.07, 6.45) is 0.0489. The van der Waals surface area contributed by atoms with Crippen LogP contribution in [0.4, 0.5) is 17.1 Å². The number of aryl methyl sites for hydroxylation is 1. The van der Waals surface area contributed by atoms with Crippen molar-refractivity contribution < 1.29 is 14.8 Å². The lowest BCUT2D eigenvalue weighted by Crippen LogP contribution is -2.03. The minimum Gasteiger partial charge on any atom is -0.331 e. The number of nitrogens with zero attached hydrogens (tertiary/aromatic N) is 5. The van der Waals surface area contributed by atoms with Crippen molar-refractivity contribution in [3.8, 4) is 0 Å². The second-order valence-corrected chi connectivity index (χ2v) is 5.52. The summed E-state index contributed by atoms with van der Waals surface area (Å²) in [4.78, 5) is 35.3. The molecule has 3 aromatic rings. The predicted octanol–water partition coefficient (Wildman–Crippen LogP) is 2.89. The molecule has 11 heteroatoms. The van der Waals surface area contributed by atoms with E-state index in [0.717, 1.165) is 6.07 Å². The molecule has 0 atom stereocenters. The largest absolute Gasteiger partial charge is 0.331 e. The third-order valence-corrected chi connectivity index (χ3v) is 3.99. The molecule has 0 fully saturated rings. The molecular formula is C15H11N5O6. The topological polar surface area (TPSA) is 147 Å². The van der Waals surface area contributed by atoms with Gasteiger partial charge in [0.05, 0.1) is 31.9 Å². The molecule has 1 heterocycles. The van der Waals surface area contributed by atoms with Crippen molar-refractivity contribution in [2.75, 3.05) is 0 Å². The highest BCUT2D eigenvalue weighted by Gasteiger charge is 2.21. The van der Waals surface area contributed by atoms with Crippen LogP contribution in [0.5, 0.6) is 0 Å². The third kappa shape index (κ3) is 2.92. The summed E-state index contributed by atoms with van der Waals surface area (Å²) in [5.74, 6) is 0.442. The molecule has 0 saturated carbocycles. The fourth-order valence-electron chi connectivity index (χ4n) is 2.67. The summed E-state index contributed by atoms with van der Waals surface area (Å²) in [7, 11) is 1.69. The zero-order valence-corrected chi connectivity index (χ0v) is 13.4. The Hall–Kier alpha value is -3.89. The monoisotopic (exact) mass is 357 g/mol. The molecule has 26 heavy (non-hydrogen) atoms. The molecule has 11 nitrogen and oxygen atoms in total. The number of aromatic nitrogens is 2. The molecule has 0 spiro atoms. The molecule has 1 aromatic heterocycles. The van der Waals surface area contributed by atoms with Crippen LogP contribution >= 0.6 is 0 Å². The Bertz CT molecular complexity index is 1070. The normalized spacial score (nSPS) is 10.8. The van der Waals surface area contributed by atoms with Crippen LogP contribution in [0.1, 0.15) is 11.4 Å². The van der Waals surface area contributed by atoms with Crippen LogP contribution in [0, 0.1) is 30.3 Å². The molecule has 3 rings (SSSR count). The first-order valence-electron chi connectivity index (χ1n) is 7.29. The molecule has 132 valence electrons. The Morgan fingerprint density at radius 1 is 0.923 bits per heavy atom. The van der Waals surface area contributed by atoms with E-state index in [1.165, 1.54) is 24.3 Å². The summed E-state index contributed by atoms with van der Waals surface area (Å²) in [5, 5.41) is 32.9. The second-order valence-electron chi connectivity index (χ2n) is 5.52. The molecule has 0 aliphatic heterocycles. The van der Waals surface area contributed by atoms with Gasteiger partial charge in [-0.2, -0.15) is 0 Å². The standard InChI is InChI=1S/C15H11N5O6/c1-17-13-5-4-10(18(21)22)7-12(13)16-15(17)6-9-2-3-11(19(23)24)8-14(9)20(25)26/h2-5,7-8H,6H2,1H3. The summed E-state index contributed by atoms with van der Waals surface area (Å²) < 4.78 is 1.67. The van der Waals surface area contributed by atoms with Crippen molar-refractivity contribution >= 4 is 28.1 Å². The van der Waals surface area contributed by atoms with Crippen LogP contribution in [-0.4, -0.2) is 24.3 Å². The maximum Gasteiger partial charge on any atom is 0.279 e. The van der Waals surface area contributed by atoms with Gasteiger partial charge in [-0.3, -0.25) is 30.3 Å². The number of nitro benzene ring substituents is 3. The number of benzene rings is 2. The number of imidazole rings is 1. The van der Waals surface area contributed by atoms with Gasteiger partial charge in [0.1, 0.15) is 5.82 Å². The maximum atomic E-state index is 11.2. The lowest BCUT2D eigenvalue weighted by Gasteiger charge is -2.04. The Morgan fingerprint density at radius 2 is 1.54 bits per heavy atom. The Kier molecular flexibility index (Phi) is 4.04. The lowest BCUT2D eigenvalue weighted by atomic mass is 10.1. The van der Waals surface area contributed by atoms with Crippen molar-refractivity contribution in [1.82, 2.24) is 9.55 Å². The number of non-ortho nitro benzene ring substituents is 2. The highest BCUT2D eigenvalue weighted by molar-refractivity contribution is 5.78. The van der Waals surface area contributed by atoms with E-state index in [2.05, 4.69) is 4.98 Å². The van der Waals surface area contributed by atoms with Gasteiger partial charge in [0.2, 0.25) is 0 Å². The Morgan fingerprint density at radius 3 is 2.15 bits per heavy atom. The van der Waals surface area contributed by atoms with E-state index < -0.39 is 14.8 Å². The van der Waals surface area contributed by atoms with Crippen molar-refractivity contribution in [1.29, 1.82) is 0 Å². The molecule has 0 aliphatic carbocycles. The minimum atomic E-state index is -0.703. The van der Waals surface area contributed by atoms with Gasteiger partial charge < -0.3 is 4.57 Å². The zero-order chi connectivity index (χ0) is 19.0. The van der Waals surface area contributed by atoms with Gasteiger partial charge in [-0.05, 0) is 12.1 Å². The second kappa shape index (κ2) is 6.20. The lowest BCUT2D eigenvalue weighted by molar-refractivity contribution is -0.394. The van der Waals surface area contributed by atoms with Crippen molar-refractivity contribution in [2.24, 2.45) is 7.05 Å². The maximum absolute atomic E-state index is 11.2. The highest BCUT2D eigenvalue weighted by atomic mass is 16.6. The number of hydrogen-bond acceptors (Lipinski definition) is 7. The van der Waals surface area contributed by atoms with E-state index in [1.54, 1.807) is 17.7 Å². The van der Waals surface area contributed by atoms with Gasteiger partial charge >= 0.3 is 0 Å². The van der Waals surface area contributed by atoms with Gasteiger partial charge in [-0.1, -0.05) is 0 Å². The van der Waals surface area contributed by atoms with Gasteiger partial charge in [0.15, 0.2) is 0 Å². The van der Waals surface area contributed by atoms with Gasteiger partial charge in [0, 0.05) is 37.2 Å². The first kappa shape index (κ1) is 17.0. The van der Waals surface area contributed by atoms with E-state index in [4.69, 9.17) is 0 Å². The smallest absolute Gasteiger partial charge is 0.279 e. The van der Waals surface area contributed by atoms with E-state index >= 15 is 0 Å². The molecule has 0 amide bonds. The van der Waals surface area contributed by atoms with Crippen molar-refractivity contribution in [2.45, 2.75) is 6.42 Å². The van der Waals surface area contributed by atoms with E-state index in [0.29, 0.717) is 16.9 Å². The average Bonchev–Trinajstić information content (AvgIpc) is 2.90. The summed E-state index contributed by atoms with van der Waals surface area (Å²) in [5.41, 5.74) is 0.423. The third-order valence-electron chi connectivity index (χ3n) is 3.99. The van der Waals surface area contributed by atoms with E-state index in [1.807, 2.05) is 0 Å². The number of nitro groups is 3. The van der Waals surface area contributed by atoms with Crippen molar-refractivity contribution in [3.63, 3.8) is 0 Å². The molecule has 0 radical (unpaired) electrons. The van der Waals surface area contributed by atoms with Gasteiger partial charge in [0.25, 0.3) is 17.1 Å². The first-order valence-corrected chi connectivity index (χ1v) is 7.29. The van der Waals surface area contributed by atoms with E-state index in [-0.39, 0.29) is 29.0 Å². The first-order chi connectivity index (χ1) is 12.3. The van der Waals surface area contributed by atoms with Crippen LogP contribution in [0.25, 0.3) is 11.0 Å². The van der Waals surface area contributed by atoms with Crippen LogP contribution in [0.2, 0.25) is 0 Å². The Labute approximate surface area is 144 Å². The molecular weight excluding hydrogens is 346 g/mol. The molecule has 2 aromatic carbocycles. The highest BCUT2D eigenvalue weighted by Crippen LogP contribution is 2.28. The quantitative estimate of drug-likeness (QED) is 0.503. The molecule has 0 aliphatic rings. The molecule has 0 bridgehead atoms. The van der Waals surface area contributed by atoms with Gasteiger partial charge in [-0.25, -0.2) is 4.98 Å². The molecule has 0 unspecified atom stereocenters. The molecule has 0 saturated heterocycles.